The smallest absolute Gasteiger partial charge is 0.253 e. The van der Waals surface area contributed by atoms with E-state index >= 15 is 0 Å². The van der Waals surface area contributed by atoms with Crippen LogP contribution in [0.1, 0.15) is 23.2 Å². The largest absolute Gasteiger partial charge is 0.399 e. The zero-order valence-electron chi connectivity index (χ0n) is 12.1. The number of amides is 1. The molecule has 1 aliphatic heterocycles. The molecule has 1 saturated heterocycles. The Morgan fingerprint density at radius 2 is 2.00 bits per heavy atom. The number of nitrogen functional groups attached to an aromatic ring is 1. The van der Waals surface area contributed by atoms with Crippen LogP contribution in [-0.4, -0.2) is 49.4 Å². The molecule has 1 amide bonds. The summed E-state index contributed by atoms with van der Waals surface area (Å²) in [5.41, 5.74) is 6.86. The Balaban J connectivity index is 1.98. The number of anilines is 1. The molecule has 1 aromatic carbocycles. The van der Waals surface area contributed by atoms with Crippen LogP contribution in [0.4, 0.5) is 5.69 Å². The summed E-state index contributed by atoms with van der Waals surface area (Å²) >= 11 is 5.96. The zero-order valence-corrected chi connectivity index (χ0v) is 12.9. The molecule has 0 aliphatic carbocycles. The quantitative estimate of drug-likeness (QED) is 0.871. The van der Waals surface area contributed by atoms with Crippen molar-refractivity contribution in [3.05, 3.63) is 28.8 Å². The van der Waals surface area contributed by atoms with Gasteiger partial charge in [-0.2, -0.15) is 0 Å². The lowest BCUT2D eigenvalue weighted by molar-refractivity contribution is 0.0678. The minimum absolute atomic E-state index is 0.0301. The van der Waals surface area contributed by atoms with Gasteiger partial charge in [-0.15, -0.1) is 0 Å². The Bertz CT molecular complexity index is 462. The number of nitrogens with two attached hydrogens (primary N) is 1. The van der Waals surface area contributed by atoms with E-state index in [1.54, 1.807) is 18.2 Å². The van der Waals surface area contributed by atoms with Crippen LogP contribution in [0, 0.1) is 5.92 Å². The highest BCUT2D eigenvalue weighted by molar-refractivity contribution is 6.31. The fourth-order valence-electron chi connectivity index (χ4n) is 2.75. The van der Waals surface area contributed by atoms with Crippen LogP contribution in [0.2, 0.25) is 5.02 Å². The molecule has 2 rings (SSSR count). The SMILES string of the molecule is CN(C)CC1CCN(C(=O)c2cc(N)cc(Cl)c2)CC1. The molecule has 0 bridgehead atoms. The van der Waals surface area contributed by atoms with Gasteiger partial charge < -0.3 is 15.5 Å². The number of benzene rings is 1. The van der Waals surface area contributed by atoms with Gasteiger partial charge in [-0.3, -0.25) is 4.79 Å². The summed E-state index contributed by atoms with van der Waals surface area (Å²) in [7, 11) is 4.18. The monoisotopic (exact) mass is 295 g/mol. The number of nitrogens with zero attached hydrogens (tertiary/aromatic N) is 2. The fourth-order valence-corrected chi connectivity index (χ4v) is 3.00. The first-order valence-corrected chi connectivity index (χ1v) is 7.33. The average Bonchev–Trinajstić information content (AvgIpc) is 2.37. The molecule has 0 saturated carbocycles. The number of hydrogen-bond acceptors (Lipinski definition) is 3. The number of halogens is 1. The molecule has 1 aromatic rings. The Morgan fingerprint density at radius 1 is 1.35 bits per heavy atom. The lowest BCUT2D eigenvalue weighted by atomic mass is 9.96. The van der Waals surface area contributed by atoms with E-state index in [1.165, 1.54) is 0 Å². The summed E-state index contributed by atoms with van der Waals surface area (Å²) < 4.78 is 0. The topological polar surface area (TPSA) is 49.6 Å². The molecule has 2 N–H and O–H groups in total. The molecule has 1 heterocycles. The first kappa shape index (κ1) is 15.1. The van der Waals surface area contributed by atoms with Crippen LogP contribution >= 0.6 is 11.6 Å². The van der Waals surface area contributed by atoms with E-state index in [1.807, 2.05) is 4.90 Å². The molecule has 5 heteroatoms. The van der Waals surface area contributed by atoms with Crippen molar-refractivity contribution in [2.45, 2.75) is 12.8 Å². The third kappa shape index (κ3) is 3.87. The van der Waals surface area contributed by atoms with E-state index in [0.29, 0.717) is 22.2 Å². The fraction of sp³-hybridized carbons (Fsp3) is 0.533. The standard InChI is InChI=1S/C15H22ClN3O/c1-18(2)10-11-3-5-19(6-4-11)15(20)12-7-13(16)9-14(17)8-12/h7-9,11H,3-6,10,17H2,1-2H3. The number of rotatable bonds is 3. The van der Waals surface area contributed by atoms with Crippen molar-refractivity contribution in [3.8, 4) is 0 Å². The van der Waals surface area contributed by atoms with Gasteiger partial charge >= 0.3 is 0 Å². The summed E-state index contributed by atoms with van der Waals surface area (Å²) in [5, 5.41) is 0.510. The molecular weight excluding hydrogens is 274 g/mol. The predicted octanol–water partition coefficient (Wildman–Crippen LogP) is 2.34. The minimum Gasteiger partial charge on any atom is -0.399 e. The van der Waals surface area contributed by atoms with Crippen molar-refractivity contribution >= 4 is 23.2 Å². The van der Waals surface area contributed by atoms with Crippen molar-refractivity contribution in [2.75, 3.05) is 39.5 Å². The number of carbonyl (C=O) groups is 1. The van der Waals surface area contributed by atoms with E-state index in [9.17, 15) is 4.79 Å². The molecule has 110 valence electrons. The lowest BCUT2D eigenvalue weighted by Crippen LogP contribution is -2.40. The second-order valence-electron chi connectivity index (χ2n) is 5.77. The highest BCUT2D eigenvalue weighted by Crippen LogP contribution is 2.22. The van der Waals surface area contributed by atoms with Crippen molar-refractivity contribution in [3.63, 3.8) is 0 Å². The van der Waals surface area contributed by atoms with Gasteiger partial charge in [-0.25, -0.2) is 0 Å². The second kappa shape index (κ2) is 6.46. The molecule has 0 atom stereocenters. The molecule has 0 spiro atoms. The molecule has 1 fully saturated rings. The zero-order chi connectivity index (χ0) is 14.7. The Morgan fingerprint density at radius 3 is 2.55 bits per heavy atom. The molecule has 0 aromatic heterocycles. The van der Waals surface area contributed by atoms with Gasteiger partial charge in [0.25, 0.3) is 5.91 Å². The van der Waals surface area contributed by atoms with Gasteiger partial charge in [0.05, 0.1) is 0 Å². The Hall–Kier alpha value is -1.26. The average molecular weight is 296 g/mol. The van der Waals surface area contributed by atoms with Gasteiger partial charge in [-0.1, -0.05) is 11.6 Å². The molecule has 0 unspecified atom stereocenters. The van der Waals surface area contributed by atoms with Crippen molar-refractivity contribution in [2.24, 2.45) is 5.92 Å². The Kier molecular flexibility index (Phi) is 4.89. The van der Waals surface area contributed by atoms with E-state index in [-0.39, 0.29) is 5.91 Å². The van der Waals surface area contributed by atoms with Crippen LogP contribution < -0.4 is 5.73 Å². The molecule has 4 nitrogen and oxygen atoms in total. The highest BCUT2D eigenvalue weighted by atomic mass is 35.5. The molecule has 1 aliphatic rings. The first-order valence-electron chi connectivity index (χ1n) is 6.96. The molecular formula is C15H22ClN3O. The number of piperidine rings is 1. The summed E-state index contributed by atoms with van der Waals surface area (Å²) in [5.74, 6) is 0.709. The van der Waals surface area contributed by atoms with E-state index in [0.717, 1.165) is 32.5 Å². The van der Waals surface area contributed by atoms with E-state index in [2.05, 4.69) is 19.0 Å². The van der Waals surface area contributed by atoms with Gasteiger partial charge in [-0.05, 0) is 51.1 Å². The van der Waals surface area contributed by atoms with Gasteiger partial charge in [0.15, 0.2) is 0 Å². The number of hydrogen-bond donors (Lipinski definition) is 1. The maximum atomic E-state index is 12.4. The normalized spacial score (nSPS) is 16.7. The first-order chi connectivity index (χ1) is 9.45. The van der Waals surface area contributed by atoms with Gasteiger partial charge in [0.2, 0.25) is 0 Å². The summed E-state index contributed by atoms with van der Waals surface area (Å²) in [6.07, 6.45) is 2.11. The van der Waals surface area contributed by atoms with E-state index in [4.69, 9.17) is 17.3 Å². The van der Waals surface area contributed by atoms with Crippen LogP contribution in [0.5, 0.6) is 0 Å². The maximum Gasteiger partial charge on any atom is 0.253 e. The number of likely N-dealkylation sites (tertiary alicyclic amines) is 1. The van der Waals surface area contributed by atoms with Crippen molar-refractivity contribution in [1.29, 1.82) is 0 Å². The van der Waals surface area contributed by atoms with Crippen molar-refractivity contribution < 1.29 is 4.79 Å². The van der Waals surface area contributed by atoms with Crippen LogP contribution in [0.25, 0.3) is 0 Å². The summed E-state index contributed by atoms with van der Waals surface area (Å²) in [6, 6.07) is 5.04. The van der Waals surface area contributed by atoms with Gasteiger partial charge in [0, 0.05) is 35.9 Å². The summed E-state index contributed by atoms with van der Waals surface area (Å²) in [6.45, 7) is 2.71. The van der Waals surface area contributed by atoms with Crippen LogP contribution in [0.3, 0.4) is 0 Å². The van der Waals surface area contributed by atoms with Crippen LogP contribution in [-0.2, 0) is 0 Å². The maximum absolute atomic E-state index is 12.4. The second-order valence-corrected chi connectivity index (χ2v) is 6.21. The molecule has 20 heavy (non-hydrogen) atoms. The molecule has 0 radical (unpaired) electrons. The third-order valence-electron chi connectivity index (χ3n) is 3.69. The highest BCUT2D eigenvalue weighted by Gasteiger charge is 2.24. The van der Waals surface area contributed by atoms with Crippen molar-refractivity contribution in [1.82, 2.24) is 9.80 Å². The predicted molar refractivity (Wildman–Crippen MR) is 83.0 cm³/mol. The summed E-state index contributed by atoms with van der Waals surface area (Å²) in [4.78, 5) is 16.5. The number of carbonyl (C=O) groups excluding carboxylic acids is 1. The lowest BCUT2D eigenvalue weighted by Gasteiger charge is -2.33. The van der Waals surface area contributed by atoms with E-state index < -0.39 is 0 Å². The third-order valence-corrected chi connectivity index (χ3v) is 3.91. The minimum atomic E-state index is 0.0301. The van der Waals surface area contributed by atoms with Gasteiger partial charge in [0.1, 0.15) is 0 Å². The Labute approximate surface area is 125 Å². The van der Waals surface area contributed by atoms with Crippen LogP contribution in [0.15, 0.2) is 18.2 Å².